The number of ketones is 1. The molecule has 4 rings (SSSR count). The summed E-state index contributed by atoms with van der Waals surface area (Å²) in [5, 5.41) is 2.85. The van der Waals surface area contributed by atoms with Crippen molar-refractivity contribution >= 4 is 34.9 Å². The summed E-state index contributed by atoms with van der Waals surface area (Å²) < 4.78 is 10.4. The van der Waals surface area contributed by atoms with Crippen molar-refractivity contribution in [2.45, 2.75) is 25.9 Å². The molecule has 0 saturated carbocycles. The minimum absolute atomic E-state index is 0.0868. The fourth-order valence-corrected chi connectivity index (χ4v) is 4.22. The number of hydrogen-bond donors (Lipinski definition) is 1. The fourth-order valence-electron chi connectivity index (χ4n) is 4.22. The van der Waals surface area contributed by atoms with E-state index in [0.29, 0.717) is 22.9 Å². The summed E-state index contributed by atoms with van der Waals surface area (Å²) in [7, 11) is 3.11. The van der Waals surface area contributed by atoms with Crippen molar-refractivity contribution in [2.75, 3.05) is 31.0 Å². The molecule has 3 amide bonds. The number of para-hydroxylation sites is 1. The van der Waals surface area contributed by atoms with Crippen LogP contribution in [0.3, 0.4) is 0 Å². The highest BCUT2D eigenvalue weighted by Gasteiger charge is 2.42. The van der Waals surface area contributed by atoms with Gasteiger partial charge in [0.15, 0.2) is 0 Å². The summed E-state index contributed by atoms with van der Waals surface area (Å²) in [6, 6.07) is 20.5. The van der Waals surface area contributed by atoms with E-state index >= 15 is 0 Å². The lowest BCUT2D eigenvalue weighted by Crippen LogP contribution is -2.57. The molecule has 0 unspecified atom stereocenters. The van der Waals surface area contributed by atoms with Crippen LogP contribution in [-0.4, -0.2) is 54.7 Å². The predicted molar refractivity (Wildman–Crippen MR) is 142 cm³/mol. The zero-order valence-corrected chi connectivity index (χ0v) is 21.7. The second kappa shape index (κ2) is 10.8. The van der Waals surface area contributed by atoms with Gasteiger partial charge in [0, 0.05) is 12.2 Å². The third kappa shape index (κ3) is 5.22. The summed E-state index contributed by atoms with van der Waals surface area (Å²) in [5.74, 6) is -1.05. The minimum atomic E-state index is -1.33. The van der Waals surface area contributed by atoms with E-state index in [-0.39, 0.29) is 12.1 Å². The zero-order chi connectivity index (χ0) is 27.4. The number of anilines is 2. The van der Waals surface area contributed by atoms with Crippen LogP contribution in [0.25, 0.3) is 0 Å². The Balaban J connectivity index is 1.62. The fraction of sp³-hybridized carbons (Fsp3) is 0.241. The van der Waals surface area contributed by atoms with Gasteiger partial charge < -0.3 is 19.7 Å². The van der Waals surface area contributed by atoms with E-state index in [1.807, 2.05) is 0 Å². The molecule has 38 heavy (non-hydrogen) atoms. The largest absolute Gasteiger partial charge is 0.497 e. The van der Waals surface area contributed by atoms with Crippen LogP contribution in [0.4, 0.5) is 11.4 Å². The maximum absolute atomic E-state index is 13.8. The van der Waals surface area contributed by atoms with Crippen molar-refractivity contribution in [2.24, 2.45) is 0 Å². The molecule has 0 aliphatic carbocycles. The second-order valence-electron chi connectivity index (χ2n) is 9.31. The van der Waals surface area contributed by atoms with Gasteiger partial charge in [-0.3, -0.25) is 24.1 Å². The lowest BCUT2D eigenvalue weighted by atomic mass is 9.99. The van der Waals surface area contributed by atoms with E-state index in [4.69, 9.17) is 9.47 Å². The molecule has 0 saturated heterocycles. The Morgan fingerprint density at radius 1 is 0.868 bits per heavy atom. The molecular formula is C29H29N3O6. The molecule has 196 valence electrons. The number of ether oxygens (including phenoxy) is 2. The SMILES string of the molecule is COc1ccc(CN(C(=O)CN2C(=O)C(=O)c3ccccc32)C(C)(C)C(=O)Nc2ccc(OC)cc2)cc1. The van der Waals surface area contributed by atoms with Crippen molar-refractivity contribution < 1.29 is 28.7 Å². The second-order valence-corrected chi connectivity index (χ2v) is 9.31. The van der Waals surface area contributed by atoms with Gasteiger partial charge in [0.25, 0.3) is 11.7 Å². The first-order valence-electron chi connectivity index (χ1n) is 12.0. The number of benzene rings is 3. The Morgan fingerprint density at radius 2 is 1.45 bits per heavy atom. The summed E-state index contributed by atoms with van der Waals surface area (Å²) in [4.78, 5) is 55.0. The normalized spacial score (nSPS) is 12.7. The number of carbonyl (C=O) groups is 4. The van der Waals surface area contributed by atoms with Crippen LogP contribution in [0.1, 0.15) is 29.8 Å². The van der Waals surface area contributed by atoms with Crippen LogP contribution in [0.15, 0.2) is 72.8 Å². The van der Waals surface area contributed by atoms with Crippen molar-refractivity contribution in [3.8, 4) is 11.5 Å². The molecule has 0 bridgehead atoms. The van der Waals surface area contributed by atoms with Crippen LogP contribution >= 0.6 is 0 Å². The Hall–Kier alpha value is -4.66. The maximum Gasteiger partial charge on any atom is 0.299 e. The van der Waals surface area contributed by atoms with E-state index in [9.17, 15) is 19.2 Å². The van der Waals surface area contributed by atoms with Gasteiger partial charge in [-0.1, -0.05) is 24.3 Å². The molecule has 9 nitrogen and oxygen atoms in total. The van der Waals surface area contributed by atoms with Crippen LogP contribution in [0.5, 0.6) is 11.5 Å². The van der Waals surface area contributed by atoms with E-state index in [1.54, 1.807) is 101 Å². The van der Waals surface area contributed by atoms with E-state index in [1.165, 1.54) is 9.80 Å². The van der Waals surface area contributed by atoms with Gasteiger partial charge in [-0.25, -0.2) is 0 Å². The third-order valence-electron chi connectivity index (χ3n) is 6.55. The lowest BCUT2D eigenvalue weighted by molar-refractivity contribution is -0.143. The highest BCUT2D eigenvalue weighted by atomic mass is 16.5. The number of carbonyl (C=O) groups excluding carboxylic acids is 4. The van der Waals surface area contributed by atoms with Crippen LogP contribution in [0.2, 0.25) is 0 Å². The van der Waals surface area contributed by atoms with Gasteiger partial charge in [0.2, 0.25) is 11.8 Å². The quantitative estimate of drug-likeness (QED) is 0.436. The van der Waals surface area contributed by atoms with Gasteiger partial charge >= 0.3 is 0 Å². The minimum Gasteiger partial charge on any atom is -0.497 e. The Bertz CT molecular complexity index is 1370. The number of rotatable bonds is 9. The smallest absolute Gasteiger partial charge is 0.299 e. The van der Waals surface area contributed by atoms with Crippen molar-refractivity contribution in [1.82, 2.24) is 4.90 Å². The molecule has 1 aliphatic heterocycles. The first kappa shape index (κ1) is 26.4. The van der Waals surface area contributed by atoms with Crippen LogP contribution in [0, 0.1) is 0 Å². The Labute approximate surface area is 220 Å². The highest BCUT2D eigenvalue weighted by molar-refractivity contribution is 6.52. The van der Waals surface area contributed by atoms with Gasteiger partial charge in [-0.2, -0.15) is 0 Å². The van der Waals surface area contributed by atoms with Crippen molar-refractivity contribution in [3.63, 3.8) is 0 Å². The number of methoxy groups -OCH3 is 2. The van der Waals surface area contributed by atoms with Gasteiger partial charge in [0.05, 0.1) is 25.5 Å². The number of hydrogen-bond acceptors (Lipinski definition) is 6. The maximum atomic E-state index is 13.8. The first-order chi connectivity index (χ1) is 18.1. The molecule has 0 aromatic heterocycles. The average molecular weight is 516 g/mol. The predicted octanol–water partition coefficient (Wildman–Crippen LogP) is 3.68. The molecule has 0 fully saturated rings. The average Bonchev–Trinajstić information content (AvgIpc) is 3.17. The summed E-state index contributed by atoms with van der Waals surface area (Å²) in [6.45, 7) is 2.97. The van der Waals surface area contributed by atoms with E-state index < -0.39 is 35.6 Å². The molecule has 0 radical (unpaired) electrons. The molecule has 0 atom stereocenters. The van der Waals surface area contributed by atoms with Crippen molar-refractivity contribution in [3.05, 3.63) is 83.9 Å². The Kier molecular flexibility index (Phi) is 7.47. The molecule has 0 spiro atoms. The van der Waals surface area contributed by atoms with Crippen LogP contribution in [-0.2, 0) is 20.9 Å². The zero-order valence-electron chi connectivity index (χ0n) is 21.7. The number of nitrogens with zero attached hydrogens (tertiary/aromatic N) is 2. The molecule has 3 aromatic carbocycles. The number of Topliss-reactive ketones (excluding diaryl/α,β-unsaturated/α-hetero) is 1. The summed E-state index contributed by atoms with van der Waals surface area (Å²) >= 11 is 0. The molecule has 1 N–H and O–H groups in total. The molecule has 3 aromatic rings. The molecular weight excluding hydrogens is 486 g/mol. The molecule has 9 heteroatoms. The molecule has 1 heterocycles. The monoisotopic (exact) mass is 515 g/mol. The summed E-state index contributed by atoms with van der Waals surface area (Å²) in [5.41, 5.74) is 0.594. The van der Waals surface area contributed by atoms with Crippen LogP contribution < -0.4 is 19.7 Å². The number of nitrogens with one attached hydrogen (secondary N) is 1. The van der Waals surface area contributed by atoms with Gasteiger partial charge in [-0.15, -0.1) is 0 Å². The van der Waals surface area contributed by atoms with Gasteiger partial charge in [-0.05, 0) is 67.9 Å². The Morgan fingerprint density at radius 3 is 2.05 bits per heavy atom. The third-order valence-corrected chi connectivity index (χ3v) is 6.55. The standard InChI is InChI=1S/C29H29N3O6/c1-29(2,28(36)30-20-11-15-22(38-4)16-12-20)32(17-19-9-13-21(37-3)14-10-19)25(33)18-31-24-8-6-5-7-23(24)26(34)27(31)35/h5-16H,17-18H2,1-4H3,(H,30,36). The topological polar surface area (TPSA) is 105 Å². The lowest BCUT2D eigenvalue weighted by Gasteiger charge is -2.38. The first-order valence-corrected chi connectivity index (χ1v) is 12.0. The van der Waals surface area contributed by atoms with Crippen molar-refractivity contribution in [1.29, 1.82) is 0 Å². The van der Waals surface area contributed by atoms with E-state index in [2.05, 4.69) is 5.32 Å². The summed E-state index contributed by atoms with van der Waals surface area (Å²) in [6.07, 6.45) is 0. The van der Waals surface area contributed by atoms with Gasteiger partial charge in [0.1, 0.15) is 23.6 Å². The highest BCUT2D eigenvalue weighted by Crippen LogP contribution is 2.30. The number of fused-ring (bicyclic) bond motifs is 1. The number of amides is 3. The molecule has 1 aliphatic rings. The van der Waals surface area contributed by atoms with E-state index in [0.717, 1.165) is 5.56 Å².